The SMILES string of the molecule is CCC1(C2CCN(C(=O)c3cc(CC(C)C)[nH]n3)CC2)NC(=O)N(Cc2ccc3c(c2)OCO3)C1=O. The fourth-order valence-corrected chi connectivity index (χ4v) is 5.57. The third-order valence-corrected chi connectivity index (χ3v) is 7.49. The molecule has 2 N–H and O–H groups in total. The van der Waals surface area contributed by atoms with Gasteiger partial charge in [-0.05, 0) is 61.3 Å². The standard InChI is InChI=1S/C26H33N5O5/c1-4-26(18-7-9-30(10-8-18)23(32)20-13-19(28-29-20)11-16(2)3)24(33)31(25(34)27-26)14-17-5-6-21-22(12-17)36-15-35-21/h5-6,12-13,16,18H,4,7-11,14-15H2,1-3H3,(H,27,34)(H,28,29). The molecule has 10 nitrogen and oxygen atoms in total. The number of piperidine rings is 1. The van der Waals surface area contributed by atoms with Crippen LogP contribution in [0.5, 0.6) is 11.5 Å². The summed E-state index contributed by atoms with van der Waals surface area (Å²) in [6.07, 6.45) is 2.59. The van der Waals surface area contributed by atoms with Gasteiger partial charge in [0.1, 0.15) is 11.2 Å². The number of amides is 4. The number of aromatic nitrogens is 2. The third kappa shape index (κ3) is 4.29. The molecular weight excluding hydrogens is 462 g/mol. The maximum Gasteiger partial charge on any atom is 0.325 e. The second-order valence-electron chi connectivity index (χ2n) is 10.3. The molecule has 0 radical (unpaired) electrons. The molecule has 3 aliphatic heterocycles. The number of rotatable bonds is 7. The van der Waals surface area contributed by atoms with Gasteiger partial charge >= 0.3 is 6.03 Å². The van der Waals surface area contributed by atoms with E-state index in [1.807, 2.05) is 19.1 Å². The number of imide groups is 1. The van der Waals surface area contributed by atoms with Gasteiger partial charge in [0.15, 0.2) is 11.5 Å². The normalized spacial score (nSPS) is 22.0. The van der Waals surface area contributed by atoms with Crippen molar-refractivity contribution in [2.75, 3.05) is 19.9 Å². The summed E-state index contributed by atoms with van der Waals surface area (Å²) in [6.45, 7) is 7.54. The highest BCUT2D eigenvalue weighted by molar-refractivity contribution is 6.07. The Morgan fingerprint density at radius 1 is 1.17 bits per heavy atom. The van der Waals surface area contributed by atoms with Gasteiger partial charge in [0.05, 0.1) is 6.54 Å². The summed E-state index contributed by atoms with van der Waals surface area (Å²) in [5, 5.41) is 10.2. The van der Waals surface area contributed by atoms with Crippen LogP contribution in [0, 0.1) is 11.8 Å². The highest BCUT2D eigenvalue weighted by atomic mass is 16.7. The number of hydrogen-bond acceptors (Lipinski definition) is 6. The highest BCUT2D eigenvalue weighted by Crippen LogP contribution is 2.38. The molecule has 1 atom stereocenters. The fraction of sp³-hybridized carbons (Fsp3) is 0.538. The van der Waals surface area contributed by atoms with E-state index in [1.54, 1.807) is 17.0 Å². The number of nitrogens with one attached hydrogen (secondary N) is 2. The van der Waals surface area contributed by atoms with Crippen molar-refractivity contribution in [1.29, 1.82) is 0 Å². The molecule has 192 valence electrons. The molecule has 1 aromatic carbocycles. The van der Waals surface area contributed by atoms with Gasteiger partial charge in [0.2, 0.25) is 6.79 Å². The fourth-order valence-electron chi connectivity index (χ4n) is 5.57. The summed E-state index contributed by atoms with van der Waals surface area (Å²) in [6, 6.07) is 6.89. The molecule has 0 bridgehead atoms. The molecule has 4 heterocycles. The highest BCUT2D eigenvalue weighted by Gasteiger charge is 2.55. The van der Waals surface area contributed by atoms with Gasteiger partial charge < -0.3 is 19.7 Å². The van der Waals surface area contributed by atoms with Gasteiger partial charge in [-0.25, -0.2) is 4.79 Å². The minimum atomic E-state index is -0.959. The van der Waals surface area contributed by atoms with E-state index in [9.17, 15) is 14.4 Å². The summed E-state index contributed by atoms with van der Waals surface area (Å²) >= 11 is 0. The van der Waals surface area contributed by atoms with E-state index >= 15 is 0 Å². The number of aromatic amines is 1. The summed E-state index contributed by atoms with van der Waals surface area (Å²) in [7, 11) is 0. The molecule has 1 aromatic heterocycles. The Morgan fingerprint density at radius 3 is 2.64 bits per heavy atom. The zero-order chi connectivity index (χ0) is 25.4. The molecule has 2 fully saturated rings. The van der Waals surface area contributed by atoms with Gasteiger partial charge in [0.25, 0.3) is 11.8 Å². The first-order valence-electron chi connectivity index (χ1n) is 12.7. The first-order valence-corrected chi connectivity index (χ1v) is 12.7. The van der Waals surface area contributed by atoms with Crippen LogP contribution in [-0.2, 0) is 17.8 Å². The van der Waals surface area contributed by atoms with Crippen LogP contribution < -0.4 is 14.8 Å². The number of urea groups is 1. The van der Waals surface area contributed by atoms with E-state index < -0.39 is 5.54 Å². The molecule has 0 spiro atoms. The van der Waals surface area contributed by atoms with Crippen molar-refractivity contribution in [3.8, 4) is 11.5 Å². The number of likely N-dealkylation sites (tertiary alicyclic amines) is 1. The second kappa shape index (κ2) is 9.48. The average molecular weight is 496 g/mol. The first kappa shape index (κ1) is 24.1. The Labute approximate surface area is 210 Å². The van der Waals surface area contributed by atoms with E-state index in [4.69, 9.17) is 9.47 Å². The Hall–Kier alpha value is -3.56. The van der Waals surface area contributed by atoms with Crippen molar-refractivity contribution in [3.63, 3.8) is 0 Å². The monoisotopic (exact) mass is 495 g/mol. The average Bonchev–Trinajstić information content (AvgIpc) is 3.58. The lowest BCUT2D eigenvalue weighted by atomic mass is 9.75. The maximum atomic E-state index is 13.6. The second-order valence-corrected chi connectivity index (χ2v) is 10.3. The molecule has 0 saturated carbocycles. The third-order valence-electron chi connectivity index (χ3n) is 7.49. The Kier molecular flexibility index (Phi) is 6.36. The molecule has 5 rings (SSSR count). The van der Waals surface area contributed by atoms with Crippen molar-refractivity contribution in [1.82, 2.24) is 25.3 Å². The molecule has 2 saturated heterocycles. The van der Waals surface area contributed by atoms with Crippen molar-refractivity contribution < 1.29 is 23.9 Å². The number of fused-ring (bicyclic) bond motifs is 1. The lowest BCUT2D eigenvalue weighted by Gasteiger charge is -2.40. The minimum Gasteiger partial charge on any atom is -0.454 e. The van der Waals surface area contributed by atoms with Crippen molar-refractivity contribution >= 4 is 17.8 Å². The maximum absolute atomic E-state index is 13.6. The van der Waals surface area contributed by atoms with Crippen LogP contribution in [0.15, 0.2) is 24.3 Å². The summed E-state index contributed by atoms with van der Waals surface area (Å²) in [5.74, 6) is 1.39. The van der Waals surface area contributed by atoms with Gasteiger partial charge in [0, 0.05) is 18.8 Å². The largest absolute Gasteiger partial charge is 0.454 e. The quantitative estimate of drug-likeness (QED) is 0.570. The van der Waals surface area contributed by atoms with Crippen molar-refractivity contribution in [3.05, 3.63) is 41.2 Å². The van der Waals surface area contributed by atoms with E-state index in [1.165, 1.54) is 4.90 Å². The molecule has 4 amide bonds. The van der Waals surface area contributed by atoms with E-state index in [0.717, 1.165) is 17.7 Å². The van der Waals surface area contributed by atoms with Crippen LogP contribution >= 0.6 is 0 Å². The van der Waals surface area contributed by atoms with E-state index in [-0.39, 0.29) is 37.1 Å². The van der Waals surface area contributed by atoms with Crippen molar-refractivity contribution in [2.24, 2.45) is 11.8 Å². The number of ether oxygens (including phenoxy) is 2. The number of carbonyl (C=O) groups is 3. The van der Waals surface area contributed by atoms with Gasteiger partial charge in [-0.2, -0.15) is 5.10 Å². The first-order chi connectivity index (χ1) is 17.3. The molecule has 3 aliphatic rings. The number of H-pyrrole nitrogens is 1. The van der Waals surface area contributed by atoms with Crippen LogP contribution in [0.25, 0.3) is 0 Å². The predicted molar refractivity (Wildman–Crippen MR) is 130 cm³/mol. The summed E-state index contributed by atoms with van der Waals surface area (Å²) in [5.41, 5.74) is 1.22. The lowest BCUT2D eigenvalue weighted by Crippen LogP contribution is -2.56. The predicted octanol–water partition coefficient (Wildman–Crippen LogP) is 3.09. The molecule has 36 heavy (non-hydrogen) atoms. The number of nitrogens with zero attached hydrogens (tertiary/aromatic N) is 3. The number of benzene rings is 1. The smallest absolute Gasteiger partial charge is 0.325 e. The Morgan fingerprint density at radius 2 is 1.92 bits per heavy atom. The zero-order valence-corrected chi connectivity index (χ0v) is 21.0. The molecule has 2 aromatic rings. The zero-order valence-electron chi connectivity index (χ0n) is 21.0. The molecule has 1 unspecified atom stereocenters. The van der Waals surface area contributed by atoms with E-state index in [2.05, 4.69) is 29.4 Å². The molecule has 0 aliphatic carbocycles. The van der Waals surface area contributed by atoms with Crippen LogP contribution in [0.2, 0.25) is 0 Å². The van der Waals surface area contributed by atoms with Gasteiger partial charge in [-0.15, -0.1) is 0 Å². The van der Waals surface area contributed by atoms with Crippen LogP contribution in [-0.4, -0.2) is 63.3 Å². The van der Waals surface area contributed by atoms with Crippen LogP contribution in [0.1, 0.15) is 61.8 Å². The summed E-state index contributed by atoms with van der Waals surface area (Å²) in [4.78, 5) is 42.7. The number of hydrogen-bond donors (Lipinski definition) is 2. The topological polar surface area (TPSA) is 117 Å². The summed E-state index contributed by atoms with van der Waals surface area (Å²) < 4.78 is 10.8. The molecular formula is C26H33N5O5. The molecule has 10 heteroatoms. The minimum absolute atomic E-state index is 0.0551. The Bertz CT molecular complexity index is 1170. The Balaban J connectivity index is 1.24. The van der Waals surface area contributed by atoms with Crippen LogP contribution in [0.3, 0.4) is 0 Å². The van der Waals surface area contributed by atoms with Crippen LogP contribution in [0.4, 0.5) is 4.79 Å². The number of carbonyl (C=O) groups excluding carboxylic acids is 3. The lowest BCUT2D eigenvalue weighted by molar-refractivity contribution is -0.134. The van der Waals surface area contributed by atoms with Gasteiger partial charge in [-0.3, -0.25) is 19.6 Å². The van der Waals surface area contributed by atoms with Crippen molar-refractivity contribution in [2.45, 2.75) is 58.5 Å². The van der Waals surface area contributed by atoms with E-state index in [0.29, 0.717) is 55.5 Å². The van der Waals surface area contributed by atoms with Gasteiger partial charge in [-0.1, -0.05) is 26.8 Å².